The summed E-state index contributed by atoms with van der Waals surface area (Å²) < 4.78 is 0. The van der Waals surface area contributed by atoms with Gasteiger partial charge in [0.05, 0.1) is 0 Å². The molecule has 0 spiro atoms. The van der Waals surface area contributed by atoms with Gasteiger partial charge in [-0.05, 0) is 0 Å². The fourth-order valence-corrected chi connectivity index (χ4v) is 0.508. The Hall–Kier alpha value is -1.26. The Bertz CT molecular complexity index is 120. The zero-order valence-corrected chi connectivity index (χ0v) is 4.73. The van der Waals surface area contributed by atoms with E-state index in [0.29, 0.717) is 12.8 Å². The highest BCUT2D eigenvalue weighted by atomic mass is 16.2. The molecule has 0 atom stereocenters. The van der Waals surface area contributed by atoms with Crippen molar-refractivity contribution in [3.63, 3.8) is 0 Å². The fraction of sp³-hybridized carbons (Fsp3) is 0.500. The van der Waals surface area contributed by atoms with Crippen LogP contribution in [0.1, 0.15) is 12.8 Å². The van der Waals surface area contributed by atoms with Crippen molar-refractivity contribution in [1.29, 1.82) is 11.1 Å². The molecule has 0 aliphatic carbocycles. The van der Waals surface area contributed by atoms with Gasteiger partial charge in [-0.1, -0.05) is 0 Å². The number of hydrogen-bond acceptors (Lipinski definition) is 4. The van der Waals surface area contributed by atoms with Gasteiger partial charge in [-0.15, -0.1) is 0 Å². The lowest BCUT2D eigenvalue weighted by atomic mass is 10.4. The van der Waals surface area contributed by atoms with Gasteiger partial charge in [0.25, 0.3) is 0 Å². The lowest BCUT2D eigenvalue weighted by Crippen LogP contribution is -2.18. The molecule has 9 heavy (non-hydrogen) atoms. The van der Waals surface area contributed by atoms with Crippen LogP contribution < -0.4 is 5.32 Å². The maximum atomic E-state index is 10.1. The molecule has 0 bridgehead atoms. The first-order valence-electron chi connectivity index (χ1n) is 2.37. The van der Waals surface area contributed by atoms with Crippen LogP contribution in [0.3, 0.4) is 0 Å². The predicted molar refractivity (Wildman–Crippen MR) is 27.8 cm³/mol. The van der Waals surface area contributed by atoms with E-state index in [1.807, 2.05) is 0 Å². The van der Waals surface area contributed by atoms with Crippen molar-refractivity contribution in [2.45, 2.75) is 12.8 Å². The molecule has 5 heteroatoms. The normalized spacial score (nSPS) is 16.0. The predicted octanol–water partition coefficient (Wildman–Crippen LogP) is 0.0191. The molecule has 3 N–H and O–H groups in total. The standard InChI is InChI=1S/C4H5NO2.H2N2/c6-3-1-2-4(7)5-3;1-2/h1-2H2,(H,5,6,7);1-2H. The van der Waals surface area contributed by atoms with E-state index in [0.717, 1.165) is 0 Å². The molecule has 1 saturated heterocycles. The third-order valence-corrected chi connectivity index (χ3v) is 0.858. The average Bonchev–Trinajstić information content (AvgIpc) is 2.20. The van der Waals surface area contributed by atoms with Crippen LogP contribution in [0.2, 0.25) is 0 Å². The van der Waals surface area contributed by atoms with E-state index >= 15 is 0 Å². The Labute approximate surface area is 51.7 Å². The summed E-state index contributed by atoms with van der Waals surface area (Å²) in [5.74, 6) is -0.296. The number of nitrogens with one attached hydrogen (secondary N) is 3. The van der Waals surface area contributed by atoms with Gasteiger partial charge < -0.3 is 0 Å². The molecule has 50 valence electrons. The Morgan fingerprint density at radius 1 is 1.11 bits per heavy atom. The minimum Gasteiger partial charge on any atom is -0.296 e. The summed E-state index contributed by atoms with van der Waals surface area (Å²) >= 11 is 0. The minimum absolute atomic E-state index is 0.148. The van der Waals surface area contributed by atoms with Crippen LogP contribution in [0.5, 0.6) is 0 Å². The largest absolute Gasteiger partial charge is 0.296 e. The van der Waals surface area contributed by atoms with E-state index in [1.165, 1.54) is 0 Å². The van der Waals surface area contributed by atoms with Crippen molar-refractivity contribution in [1.82, 2.24) is 5.32 Å². The van der Waals surface area contributed by atoms with Crippen molar-refractivity contribution >= 4 is 11.8 Å². The first kappa shape index (κ1) is 7.74. The van der Waals surface area contributed by atoms with E-state index in [2.05, 4.69) is 5.32 Å². The number of carbonyl (C=O) groups excluding carboxylic acids is 2. The Morgan fingerprint density at radius 2 is 1.44 bits per heavy atom. The van der Waals surface area contributed by atoms with E-state index in [1.54, 1.807) is 0 Å². The second-order valence-electron chi connectivity index (χ2n) is 1.47. The zero-order valence-electron chi connectivity index (χ0n) is 4.73. The first-order valence-corrected chi connectivity index (χ1v) is 2.37. The number of amides is 2. The summed E-state index contributed by atoms with van der Waals surface area (Å²) in [6, 6.07) is 0. The molecule has 0 aromatic heterocycles. The number of rotatable bonds is 0. The Balaban J connectivity index is 0.000000291. The number of imide groups is 1. The summed E-state index contributed by atoms with van der Waals surface area (Å²) in [6.45, 7) is 0. The minimum atomic E-state index is -0.148. The van der Waals surface area contributed by atoms with Crippen molar-refractivity contribution in [3.8, 4) is 0 Å². The van der Waals surface area contributed by atoms with Crippen LogP contribution in [-0.2, 0) is 9.59 Å². The molecular weight excluding hydrogens is 122 g/mol. The van der Waals surface area contributed by atoms with Gasteiger partial charge in [0, 0.05) is 12.8 Å². The molecule has 2 amide bonds. The third-order valence-electron chi connectivity index (χ3n) is 0.858. The molecule has 1 aliphatic heterocycles. The van der Waals surface area contributed by atoms with E-state index in [-0.39, 0.29) is 11.8 Å². The smallest absolute Gasteiger partial charge is 0.227 e. The quantitative estimate of drug-likeness (QED) is 0.317. The lowest BCUT2D eigenvalue weighted by molar-refractivity contribution is -0.124. The number of hydrogen-bond donors (Lipinski definition) is 3. The maximum absolute atomic E-state index is 10.1. The van der Waals surface area contributed by atoms with E-state index < -0.39 is 0 Å². The van der Waals surface area contributed by atoms with Gasteiger partial charge in [-0.25, -0.2) is 11.1 Å². The first-order chi connectivity index (χ1) is 4.29. The number of carbonyl (C=O) groups is 2. The molecule has 1 fully saturated rings. The van der Waals surface area contributed by atoms with Crippen molar-refractivity contribution in [2.75, 3.05) is 0 Å². The molecule has 1 aliphatic rings. The van der Waals surface area contributed by atoms with Gasteiger partial charge in [0.1, 0.15) is 0 Å². The molecule has 5 nitrogen and oxygen atoms in total. The summed E-state index contributed by atoms with van der Waals surface area (Å²) in [7, 11) is 0. The highest BCUT2D eigenvalue weighted by molar-refractivity contribution is 6.01. The summed E-state index contributed by atoms with van der Waals surface area (Å²) in [5.41, 5.74) is 10.0. The lowest BCUT2D eigenvalue weighted by Gasteiger charge is -1.79. The summed E-state index contributed by atoms with van der Waals surface area (Å²) in [6.07, 6.45) is 0.748. The Morgan fingerprint density at radius 3 is 1.56 bits per heavy atom. The average molecular weight is 129 g/mol. The van der Waals surface area contributed by atoms with Crippen LogP contribution in [0.25, 0.3) is 0 Å². The van der Waals surface area contributed by atoms with Gasteiger partial charge in [0.15, 0.2) is 0 Å². The van der Waals surface area contributed by atoms with E-state index in [4.69, 9.17) is 11.1 Å². The second kappa shape index (κ2) is 3.71. The van der Waals surface area contributed by atoms with Crippen LogP contribution in [0.4, 0.5) is 0 Å². The zero-order chi connectivity index (χ0) is 7.28. The van der Waals surface area contributed by atoms with Gasteiger partial charge in [-0.2, -0.15) is 0 Å². The molecule has 0 saturated carbocycles. The SMILES string of the molecule is N=N.O=C1CCC(=O)N1. The molecule has 0 radical (unpaired) electrons. The third kappa shape index (κ3) is 2.53. The Kier molecular flexibility index (Phi) is 3.19. The second-order valence-corrected chi connectivity index (χ2v) is 1.47. The van der Waals surface area contributed by atoms with Crippen molar-refractivity contribution in [3.05, 3.63) is 0 Å². The maximum Gasteiger partial charge on any atom is 0.227 e. The summed E-state index contributed by atoms with van der Waals surface area (Å²) in [5, 5.41) is 2.14. The molecule has 1 rings (SSSR count). The van der Waals surface area contributed by atoms with E-state index in [9.17, 15) is 9.59 Å². The monoisotopic (exact) mass is 129 g/mol. The highest BCUT2D eigenvalue weighted by Crippen LogP contribution is 1.95. The van der Waals surface area contributed by atoms with Crippen LogP contribution in [0, 0.1) is 11.1 Å². The molecule has 0 unspecified atom stereocenters. The highest BCUT2D eigenvalue weighted by Gasteiger charge is 2.15. The summed E-state index contributed by atoms with van der Waals surface area (Å²) in [4.78, 5) is 20.2. The van der Waals surface area contributed by atoms with Crippen molar-refractivity contribution < 1.29 is 9.59 Å². The fourth-order valence-electron chi connectivity index (χ4n) is 0.508. The van der Waals surface area contributed by atoms with Crippen LogP contribution in [-0.4, -0.2) is 11.8 Å². The van der Waals surface area contributed by atoms with Gasteiger partial charge in [0.2, 0.25) is 11.8 Å². The molecule has 0 aromatic rings. The molecule has 0 aromatic carbocycles. The topological polar surface area (TPSA) is 93.9 Å². The van der Waals surface area contributed by atoms with Crippen molar-refractivity contribution in [2.24, 2.45) is 0 Å². The molecule has 1 heterocycles. The van der Waals surface area contributed by atoms with Crippen LogP contribution in [0.15, 0.2) is 0 Å². The van der Waals surface area contributed by atoms with Gasteiger partial charge in [-0.3, -0.25) is 14.9 Å². The van der Waals surface area contributed by atoms with Crippen LogP contribution >= 0.6 is 0 Å². The molecular formula is C4H7N3O2. The van der Waals surface area contributed by atoms with Gasteiger partial charge >= 0.3 is 0 Å².